The van der Waals surface area contributed by atoms with Gasteiger partial charge in [0.15, 0.2) is 0 Å². The number of ether oxygens (including phenoxy) is 3. The van der Waals surface area contributed by atoms with Gasteiger partial charge in [0.1, 0.15) is 0 Å². The fourth-order valence-corrected chi connectivity index (χ4v) is 4.02. The van der Waals surface area contributed by atoms with E-state index in [9.17, 15) is 4.79 Å². The van der Waals surface area contributed by atoms with Crippen molar-refractivity contribution in [3.8, 4) is 0 Å². The SMILES string of the molecule is CCN(N)/C1=C(\N)CCC2C(CC1)C2COC(=O)NCCOCCOCCNC. The van der Waals surface area contributed by atoms with Gasteiger partial charge in [-0.3, -0.25) is 0 Å². The minimum absolute atomic E-state index is 0.379. The topological polar surface area (TPSA) is 124 Å². The van der Waals surface area contributed by atoms with Gasteiger partial charge >= 0.3 is 6.09 Å². The Hall–Kier alpha value is -1.55. The van der Waals surface area contributed by atoms with Crippen LogP contribution in [0.5, 0.6) is 0 Å². The van der Waals surface area contributed by atoms with Gasteiger partial charge in [-0.25, -0.2) is 10.6 Å². The molecule has 9 nitrogen and oxygen atoms in total. The van der Waals surface area contributed by atoms with Crippen LogP contribution in [0.25, 0.3) is 0 Å². The van der Waals surface area contributed by atoms with Crippen LogP contribution in [-0.2, 0) is 14.2 Å². The third kappa shape index (κ3) is 8.00. The van der Waals surface area contributed by atoms with Crippen molar-refractivity contribution < 1.29 is 19.0 Å². The van der Waals surface area contributed by atoms with Gasteiger partial charge in [0.05, 0.1) is 33.0 Å². The van der Waals surface area contributed by atoms with Gasteiger partial charge in [0.25, 0.3) is 0 Å². The molecule has 6 N–H and O–H groups in total. The number of nitrogens with two attached hydrogens (primary N) is 2. The van der Waals surface area contributed by atoms with E-state index in [1.165, 1.54) is 0 Å². The molecule has 1 amide bonds. The third-order valence-corrected chi connectivity index (χ3v) is 5.82. The third-order valence-electron chi connectivity index (χ3n) is 5.82. The van der Waals surface area contributed by atoms with E-state index in [0.29, 0.717) is 57.3 Å². The molecule has 168 valence electrons. The largest absolute Gasteiger partial charge is 0.449 e. The van der Waals surface area contributed by atoms with Crippen molar-refractivity contribution in [1.29, 1.82) is 0 Å². The molecular weight excluding hydrogens is 374 g/mol. The molecule has 9 heteroatoms. The molecule has 0 aromatic carbocycles. The van der Waals surface area contributed by atoms with Crippen molar-refractivity contribution in [2.75, 3.05) is 59.7 Å². The van der Waals surface area contributed by atoms with Crippen LogP contribution in [0.4, 0.5) is 4.79 Å². The van der Waals surface area contributed by atoms with Crippen LogP contribution in [-0.4, -0.2) is 70.8 Å². The normalized spacial score (nSPS) is 26.2. The summed E-state index contributed by atoms with van der Waals surface area (Å²) < 4.78 is 16.2. The Morgan fingerprint density at radius 1 is 1.10 bits per heavy atom. The van der Waals surface area contributed by atoms with E-state index in [0.717, 1.165) is 50.2 Å². The Bertz CT molecular complexity index is 531. The average Bonchev–Trinajstić information content (AvgIpc) is 3.38. The predicted octanol–water partition coefficient (Wildman–Crippen LogP) is 0.767. The van der Waals surface area contributed by atoms with Gasteiger partial charge in [-0.1, -0.05) is 0 Å². The van der Waals surface area contributed by atoms with Crippen LogP contribution in [0, 0.1) is 17.8 Å². The van der Waals surface area contributed by atoms with Crippen LogP contribution < -0.4 is 22.2 Å². The lowest BCUT2D eigenvalue weighted by atomic mass is 10.0. The van der Waals surface area contributed by atoms with Crippen molar-refractivity contribution in [2.24, 2.45) is 29.3 Å². The second kappa shape index (κ2) is 12.9. The van der Waals surface area contributed by atoms with Gasteiger partial charge < -0.3 is 35.6 Å². The highest BCUT2D eigenvalue weighted by atomic mass is 16.6. The highest BCUT2D eigenvalue weighted by Crippen LogP contribution is 2.53. The summed E-state index contributed by atoms with van der Waals surface area (Å²) in [6.45, 7) is 6.69. The van der Waals surface area contributed by atoms with E-state index in [2.05, 4.69) is 10.6 Å². The molecular formula is C20H39N5O4. The average molecular weight is 414 g/mol. The van der Waals surface area contributed by atoms with Gasteiger partial charge in [0, 0.05) is 31.0 Å². The molecule has 0 aromatic rings. The van der Waals surface area contributed by atoms with Gasteiger partial charge in [-0.05, 0) is 57.4 Å². The van der Waals surface area contributed by atoms with Crippen molar-refractivity contribution in [1.82, 2.24) is 15.6 Å². The van der Waals surface area contributed by atoms with Crippen LogP contribution in [0.2, 0.25) is 0 Å². The first-order chi connectivity index (χ1) is 14.1. The second-order valence-electron chi connectivity index (χ2n) is 7.68. The predicted molar refractivity (Wildman–Crippen MR) is 112 cm³/mol. The molecule has 1 fully saturated rings. The van der Waals surface area contributed by atoms with Crippen LogP contribution in [0.3, 0.4) is 0 Å². The van der Waals surface area contributed by atoms with Gasteiger partial charge in [0.2, 0.25) is 0 Å². The number of rotatable bonds is 13. The van der Waals surface area contributed by atoms with E-state index in [1.54, 1.807) is 5.01 Å². The molecule has 29 heavy (non-hydrogen) atoms. The van der Waals surface area contributed by atoms with Crippen molar-refractivity contribution >= 4 is 6.09 Å². The van der Waals surface area contributed by atoms with Crippen molar-refractivity contribution in [3.05, 3.63) is 11.4 Å². The number of carbonyl (C=O) groups is 1. The molecule has 3 unspecified atom stereocenters. The quantitative estimate of drug-likeness (QED) is 0.198. The standard InChI is InChI=1S/C20H39N5O4/c1-3-25(22)19-7-5-16-15(4-6-18(19)21)17(16)14-29-20(26)24-9-11-28-13-12-27-10-8-23-2/h15-17,23H,3-14,21-22H2,1-2H3,(H,24,26)/b19-18-. The molecule has 0 bridgehead atoms. The Labute approximate surface area is 174 Å². The molecule has 0 radical (unpaired) electrons. The van der Waals surface area contributed by atoms with Crippen molar-refractivity contribution in [3.63, 3.8) is 0 Å². The number of hydrazine groups is 1. The molecule has 2 aliphatic rings. The van der Waals surface area contributed by atoms with E-state index >= 15 is 0 Å². The van der Waals surface area contributed by atoms with E-state index in [1.807, 2.05) is 14.0 Å². The first-order valence-corrected chi connectivity index (χ1v) is 10.8. The van der Waals surface area contributed by atoms with Crippen LogP contribution >= 0.6 is 0 Å². The van der Waals surface area contributed by atoms with Crippen molar-refractivity contribution in [2.45, 2.75) is 32.6 Å². The molecule has 3 atom stereocenters. The van der Waals surface area contributed by atoms with Crippen LogP contribution in [0.1, 0.15) is 32.6 Å². The highest BCUT2D eigenvalue weighted by molar-refractivity contribution is 5.67. The lowest BCUT2D eigenvalue weighted by Gasteiger charge is -2.24. The molecule has 0 aromatic heterocycles. The zero-order valence-corrected chi connectivity index (χ0v) is 18.0. The maximum absolute atomic E-state index is 11.9. The number of nitrogens with zero attached hydrogens (tertiary/aromatic N) is 1. The number of hydrogen-bond acceptors (Lipinski definition) is 8. The summed E-state index contributed by atoms with van der Waals surface area (Å²) in [6, 6.07) is 0. The highest BCUT2D eigenvalue weighted by Gasteiger charge is 2.50. The van der Waals surface area contributed by atoms with E-state index < -0.39 is 0 Å². The monoisotopic (exact) mass is 413 g/mol. The first-order valence-electron chi connectivity index (χ1n) is 10.8. The minimum atomic E-state index is -0.379. The van der Waals surface area contributed by atoms with Gasteiger partial charge in [-0.2, -0.15) is 0 Å². The number of hydrogen-bond donors (Lipinski definition) is 4. The smallest absolute Gasteiger partial charge is 0.407 e. The van der Waals surface area contributed by atoms with E-state index in [-0.39, 0.29) is 6.09 Å². The summed E-state index contributed by atoms with van der Waals surface area (Å²) in [5, 5.41) is 7.50. The zero-order chi connectivity index (χ0) is 21.1. The lowest BCUT2D eigenvalue weighted by molar-refractivity contribution is 0.0496. The van der Waals surface area contributed by atoms with E-state index in [4.69, 9.17) is 25.8 Å². The second-order valence-corrected chi connectivity index (χ2v) is 7.68. The fraction of sp³-hybridized carbons (Fsp3) is 0.850. The fourth-order valence-electron chi connectivity index (χ4n) is 4.02. The summed E-state index contributed by atoms with van der Waals surface area (Å²) in [5.74, 6) is 7.69. The Kier molecular flexibility index (Phi) is 10.5. The maximum Gasteiger partial charge on any atom is 0.407 e. The molecule has 0 aliphatic heterocycles. The number of likely N-dealkylation sites (N-methyl/N-ethyl adjacent to an activating group) is 1. The molecule has 2 aliphatic carbocycles. The maximum atomic E-state index is 11.9. The lowest BCUT2D eigenvalue weighted by Crippen LogP contribution is -2.32. The summed E-state index contributed by atoms with van der Waals surface area (Å²) in [6.07, 6.45) is 3.47. The Balaban J connectivity index is 1.54. The van der Waals surface area contributed by atoms with Crippen LogP contribution in [0.15, 0.2) is 11.4 Å². The zero-order valence-electron chi connectivity index (χ0n) is 18.0. The summed E-state index contributed by atoms with van der Waals surface area (Å²) >= 11 is 0. The number of fused-ring (bicyclic) bond motifs is 1. The number of carbonyl (C=O) groups excluding carboxylic acids is 1. The first kappa shape index (κ1) is 23.7. The summed E-state index contributed by atoms with van der Waals surface area (Å²) in [4.78, 5) is 11.9. The summed E-state index contributed by atoms with van der Waals surface area (Å²) in [7, 11) is 1.88. The Morgan fingerprint density at radius 2 is 1.76 bits per heavy atom. The molecule has 2 rings (SSSR count). The molecule has 1 saturated carbocycles. The van der Waals surface area contributed by atoms with Gasteiger partial charge in [-0.15, -0.1) is 0 Å². The number of nitrogens with one attached hydrogen (secondary N) is 2. The molecule has 0 spiro atoms. The summed E-state index contributed by atoms with van der Waals surface area (Å²) in [5.41, 5.74) is 8.21. The number of alkyl carbamates (subject to hydrolysis) is 1. The number of amides is 1. The minimum Gasteiger partial charge on any atom is -0.449 e. The number of allylic oxidation sites excluding steroid dienone is 2. The molecule has 0 saturated heterocycles. The molecule has 0 heterocycles. The Morgan fingerprint density at radius 3 is 2.41 bits per heavy atom.